The zero-order valence-electron chi connectivity index (χ0n) is 11.0. The van der Waals surface area contributed by atoms with Crippen molar-refractivity contribution in [2.75, 3.05) is 7.11 Å². The molecular formula is C15H17NO2. The number of rotatable bonds is 3. The van der Waals surface area contributed by atoms with Crippen LogP contribution in [0.1, 0.15) is 41.9 Å². The third kappa shape index (κ3) is 1.54. The Hall–Kier alpha value is -1.77. The summed E-state index contributed by atoms with van der Waals surface area (Å²) in [5.41, 5.74) is 3.08. The Bertz CT molecular complexity index is 635. The molecule has 3 heteroatoms. The van der Waals surface area contributed by atoms with Gasteiger partial charge in [-0.3, -0.25) is 4.79 Å². The molecule has 0 atom stereocenters. The van der Waals surface area contributed by atoms with Gasteiger partial charge in [0.15, 0.2) is 5.78 Å². The van der Waals surface area contributed by atoms with Crippen LogP contribution in [0.2, 0.25) is 0 Å². The maximum absolute atomic E-state index is 11.9. The lowest BCUT2D eigenvalue weighted by Gasteiger charge is -2.08. The summed E-state index contributed by atoms with van der Waals surface area (Å²) in [6, 6.07) is 6.53. The van der Waals surface area contributed by atoms with Crippen molar-refractivity contribution in [3.05, 3.63) is 29.5 Å². The first kappa shape index (κ1) is 11.3. The van der Waals surface area contributed by atoms with Gasteiger partial charge in [-0.25, -0.2) is 0 Å². The van der Waals surface area contributed by atoms with Crippen LogP contribution in [-0.4, -0.2) is 17.5 Å². The van der Waals surface area contributed by atoms with E-state index in [9.17, 15) is 4.79 Å². The predicted octanol–water partition coefficient (Wildman–Crippen LogP) is 3.50. The summed E-state index contributed by atoms with van der Waals surface area (Å²) in [6.07, 6.45) is 2.33. The Morgan fingerprint density at radius 1 is 1.39 bits per heavy atom. The van der Waals surface area contributed by atoms with Gasteiger partial charge in [0.2, 0.25) is 0 Å². The van der Waals surface area contributed by atoms with Gasteiger partial charge in [-0.1, -0.05) is 0 Å². The van der Waals surface area contributed by atoms with Gasteiger partial charge in [0.05, 0.1) is 18.3 Å². The van der Waals surface area contributed by atoms with Crippen molar-refractivity contribution < 1.29 is 9.53 Å². The number of nitrogens with zero attached hydrogens (tertiary/aromatic N) is 1. The van der Waals surface area contributed by atoms with Crippen LogP contribution in [0.5, 0.6) is 5.75 Å². The standard InChI is InChI=1S/C15H17NO2/c1-9-13-7-6-12(18-3)8-14(13)16(11-4-5-11)15(9)10(2)17/h6-8,11H,4-5H2,1-3H3. The number of hydrogen-bond acceptors (Lipinski definition) is 2. The van der Waals surface area contributed by atoms with Crippen LogP contribution in [0.15, 0.2) is 18.2 Å². The van der Waals surface area contributed by atoms with E-state index in [1.165, 1.54) is 12.8 Å². The van der Waals surface area contributed by atoms with Gasteiger partial charge in [0, 0.05) is 24.4 Å². The highest BCUT2D eigenvalue weighted by Crippen LogP contribution is 2.42. The van der Waals surface area contributed by atoms with Gasteiger partial charge in [-0.05, 0) is 37.5 Å². The van der Waals surface area contributed by atoms with E-state index >= 15 is 0 Å². The van der Waals surface area contributed by atoms with Crippen LogP contribution in [0, 0.1) is 6.92 Å². The fraction of sp³-hybridized carbons (Fsp3) is 0.400. The van der Waals surface area contributed by atoms with E-state index in [1.807, 2.05) is 19.1 Å². The van der Waals surface area contributed by atoms with E-state index in [-0.39, 0.29) is 5.78 Å². The highest BCUT2D eigenvalue weighted by atomic mass is 16.5. The number of methoxy groups -OCH3 is 1. The van der Waals surface area contributed by atoms with E-state index in [0.29, 0.717) is 6.04 Å². The molecule has 1 saturated carbocycles. The Balaban J connectivity index is 2.36. The lowest BCUT2D eigenvalue weighted by molar-refractivity contribution is 0.100. The number of benzene rings is 1. The monoisotopic (exact) mass is 243 g/mol. The van der Waals surface area contributed by atoms with Crippen molar-refractivity contribution in [2.45, 2.75) is 32.7 Å². The summed E-state index contributed by atoms with van der Waals surface area (Å²) in [4.78, 5) is 11.9. The summed E-state index contributed by atoms with van der Waals surface area (Å²) in [7, 11) is 1.67. The van der Waals surface area contributed by atoms with E-state index in [1.54, 1.807) is 14.0 Å². The van der Waals surface area contributed by atoms with Gasteiger partial charge in [0.25, 0.3) is 0 Å². The normalized spacial score (nSPS) is 15.1. The molecule has 18 heavy (non-hydrogen) atoms. The Kier molecular flexibility index (Phi) is 2.44. The van der Waals surface area contributed by atoms with Gasteiger partial charge >= 0.3 is 0 Å². The van der Waals surface area contributed by atoms with Crippen LogP contribution >= 0.6 is 0 Å². The smallest absolute Gasteiger partial charge is 0.176 e. The van der Waals surface area contributed by atoms with Crippen molar-refractivity contribution in [2.24, 2.45) is 0 Å². The summed E-state index contributed by atoms with van der Waals surface area (Å²) < 4.78 is 7.49. The number of carbonyl (C=O) groups is 1. The molecule has 0 radical (unpaired) electrons. The second-order valence-electron chi connectivity index (χ2n) is 5.01. The average molecular weight is 243 g/mol. The molecule has 0 bridgehead atoms. The molecule has 0 aliphatic heterocycles. The minimum Gasteiger partial charge on any atom is -0.497 e. The zero-order chi connectivity index (χ0) is 12.9. The molecular weight excluding hydrogens is 226 g/mol. The summed E-state index contributed by atoms with van der Waals surface area (Å²) in [5.74, 6) is 0.992. The Labute approximate surface area is 106 Å². The number of carbonyl (C=O) groups excluding carboxylic acids is 1. The van der Waals surface area contributed by atoms with E-state index < -0.39 is 0 Å². The van der Waals surface area contributed by atoms with Crippen LogP contribution in [0.25, 0.3) is 10.9 Å². The Morgan fingerprint density at radius 2 is 2.11 bits per heavy atom. The highest BCUT2D eigenvalue weighted by Gasteiger charge is 2.30. The number of hydrogen-bond donors (Lipinski definition) is 0. The number of aromatic nitrogens is 1. The molecule has 1 aliphatic rings. The molecule has 0 unspecified atom stereocenters. The molecule has 1 aliphatic carbocycles. The van der Waals surface area contributed by atoms with Gasteiger partial charge < -0.3 is 9.30 Å². The zero-order valence-corrected chi connectivity index (χ0v) is 11.0. The predicted molar refractivity (Wildman–Crippen MR) is 71.5 cm³/mol. The maximum atomic E-state index is 11.9. The SMILES string of the molecule is COc1ccc2c(C)c(C(C)=O)n(C3CC3)c2c1. The number of ketones is 1. The van der Waals surface area contributed by atoms with Gasteiger partial charge in [-0.2, -0.15) is 0 Å². The molecule has 0 amide bonds. The third-order valence-corrected chi connectivity index (χ3v) is 3.71. The topological polar surface area (TPSA) is 31.2 Å². The Morgan fingerprint density at radius 3 is 2.67 bits per heavy atom. The first-order valence-corrected chi connectivity index (χ1v) is 6.33. The highest BCUT2D eigenvalue weighted by molar-refractivity contribution is 6.02. The summed E-state index contributed by atoms with van der Waals surface area (Å²) >= 11 is 0. The minimum absolute atomic E-state index is 0.148. The van der Waals surface area contributed by atoms with Crippen molar-refractivity contribution in [3.63, 3.8) is 0 Å². The third-order valence-electron chi connectivity index (χ3n) is 3.71. The fourth-order valence-electron chi connectivity index (χ4n) is 2.73. The van der Waals surface area contributed by atoms with E-state index in [4.69, 9.17) is 4.74 Å². The van der Waals surface area contributed by atoms with Gasteiger partial charge in [0.1, 0.15) is 5.75 Å². The molecule has 0 N–H and O–H groups in total. The molecule has 1 fully saturated rings. The second-order valence-corrected chi connectivity index (χ2v) is 5.01. The van der Waals surface area contributed by atoms with Crippen LogP contribution in [0.4, 0.5) is 0 Å². The van der Waals surface area contributed by atoms with Crippen LogP contribution in [0.3, 0.4) is 0 Å². The first-order chi connectivity index (χ1) is 8.63. The van der Waals surface area contributed by atoms with E-state index in [2.05, 4.69) is 10.6 Å². The molecule has 94 valence electrons. The van der Waals surface area contributed by atoms with Crippen LogP contribution in [-0.2, 0) is 0 Å². The molecule has 3 nitrogen and oxygen atoms in total. The van der Waals surface area contributed by atoms with Crippen LogP contribution < -0.4 is 4.74 Å². The number of Topliss-reactive ketones (excluding diaryl/α,β-unsaturated/α-hetero) is 1. The lowest BCUT2D eigenvalue weighted by Crippen LogP contribution is -2.06. The average Bonchev–Trinajstić information content (AvgIpc) is 3.14. The lowest BCUT2D eigenvalue weighted by atomic mass is 10.1. The number of aryl methyl sites for hydroxylation is 1. The molecule has 1 aromatic carbocycles. The number of ether oxygens (including phenoxy) is 1. The molecule has 2 aromatic rings. The van der Waals surface area contributed by atoms with Crippen molar-refractivity contribution >= 4 is 16.7 Å². The number of fused-ring (bicyclic) bond motifs is 1. The first-order valence-electron chi connectivity index (χ1n) is 6.33. The second kappa shape index (κ2) is 3.87. The maximum Gasteiger partial charge on any atom is 0.176 e. The molecule has 3 rings (SSSR count). The van der Waals surface area contributed by atoms with E-state index in [0.717, 1.165) is 27.9 Å². The minimum atomic E-state index is 0.148. The molecule has 0 spiro atoms. The summed E-state index contributed by atoms with van der Waals surface area (Å²) in [6.45, 7) is 3.68. The molecule has 1 aromatic heterocycles. The van der Waals surface area contributed by atoms with Gasteiger partial charge in [-0.15, -0.1) is 0 Å². The molecule has 0 saturated heterocycles. The van der Waals surface area contributed by atoms with Crippen molar-refractivity contribution in [3.8, 4) is 5.75 Å². The largest absolute Gasteiger partial charge is 0.497 e. The fourth-order valence-corrected chi connectivity index (χ4v) is 2.73. The quantitative estimate of drug-likeness (QED) is 0.773. The van der Waals surface area contributed by atoms with Crippen molar-refractivity contribution in [1.29, 1.82) is 0 Å². The molecule has 1 heterocycles. The van der Waals surface area contributed by atoms with Crippen molar-refractivity contribution in [1.82, 2.24) is 4.57 Å². The summed E-state index contributed by atoms with van der Waals surface area (Å²) in [5, 5.41) is 1.16.